The second-order valence-corrected chi connectivity index (χ2v) is 18.2. The normalized spacial score (nSPS) is 19.0. The van der Waals surface area contributed by atoms with Gasteiger partial charge in [-0.15, -0.1) is 0 Å². The summed E-state index contributed by atoms with van der Waals surface area (Å²) < 4.78 is 17.5. The largest absolute Gasteiger partial charge is 0.384 e. The van der Waals surface area contributed by atoms with Gasteiger partial charge >= 0.3 is 0 Å². The molecule has 5 aromatic rings. The first kappa shape index (κ1) is 47.1. The molecule has 3 aromatic heterocycles. The number of nitrogens with zero attached hydrogens (tertiary/aromatic N) is 8. The summed E-state index contributed by atoms with van der Waals surface area (Å²) in [6, 6.07) is 21.3. The number of fused-ring (bicyclic) bond motifs is 1. The number of likely N-dealkylation sites (tertiary alicyclic amines) is 1. The van der Waals surface area contributed by atoms with Gasteiger partial charge in [0.05, 0.1) is 36.8 Å². The maximum atomic E-state index is 15.4. The van der Waals surface area contributed by atoms with Gasteiger partial charge in [0, 0.05) is 79.2 Å². The Morgan fingerprint density at radius 1 is 0.985 bits per heavy atom. The van der Waals surface area contributed by atoms with Crippen molar-refractivity contribution in [1.29, 1.82) is 0 Å². The molecule has 0 spiro atoms. The van der Waals surface area contributed by atoms with Gasteiger partial charge in [-0.2, -0.15) is 5.10 Å². The predicted octanol–water partition coefficient (Wildman–Crippen LogP) is 8.25. The molecule has 0 saturated carbocycles. The molecule has 2 amide bonds. The molecule has 2 atom stereocenters. The maximum Gasteiger partial charge on any atom is 0.254 e. The van der Waals surface area contributed by atoms with Crippen LogP contribution in [0.2, 0.25) is 0 Å². The number of aryl methyl sites for hydroxylation is 1. The number of aromatic nitrogens is 4. The lowest BCUT2D eigenvalue weighted by atomic mass is 9.88. The second kappa shape index (κ2) is 21.1. The summed E-state index contributed by atoms with van der Waals surface area (Å²) in [6.45, 7) is 21.5. The summed E-state index contributed by atoms with van der Waals surface area (Å²) in [5, 5.41) is 11.0. The lowest BCUT2D eigenvalue weighted by Gasteiger charge is -2.37. The first-order valence-electron chi connectivity index (χ1n) is 24.0. The van der Waals surface area contributed by atoms with Gasteiger partial charge in [0.2, 0.25) is 5.91 Å². The molecule has 4 aliphatic rings. The molecule has 0 radical (unpaired) electrons. The SMILES string of the molecule is C=C1CCC(Nc2ccc(N3CCN(Cc4cc5n(n4)CCN(C(=O)c4ccc(C6CCN(C(C)/C(C)=C/c7c(-c8ccc(N)nc8)ccnc7C)CC6)cc4)C5)C3)c(F)c2)C(=O)NC1.CC. The molecule has 0 bridgehead atoms. The minimum Gasteiger partial charge on any atom is -0.384 e. The minimum absolute atomic E-state index is 0.0398. The van der Waals surface area contributed by atoms with E-state index in [4.69, 9.17) is 10.8 Å². The van der Waals surface area contributed by atoms with Crippen molar-refractivity contribution in [3.8, 4) is 11.1 Å². The molecule has 14 heteroatoms. The van der Waals surface area contributed by atoms with E-state index in [-0.39, 0.29) is 23.7 Å². The number of pyridine rings is 2. The molecule has 4 N–H and O–H groups in total. The molecule has 352 valence electrons. The number of carbonyl (C=O) groups is 2. The van der Waals surface area contributed by atoms with Crippen LogP contribution in [0.3, 0.4) is 0 Å². The maximum absolute atomic E-state index is 15.4. The fourth-order valence-electron chi connectivity index (χ4n) is 9.78. The van der Waals surface area contributed by atoms with Gasteiger partial charge in [-0.05, 0) is 131 Å². The molecule has 4 aliphatic heterocycles. The van der Waals surface area contributed by atoms with Crippen LogP contribution in [-0.4, -0.2) is 104 Å². The van der Waals surface area contributed by atoms with E-state index < -0.39 is 6.04 Å². The Morgan fingerprint density at radius 3 is 2.52 bits per heavy atom. The van der Waals surface area contributed by atoms with Gasteiger partial charge in [0.15, 0.2) is 0 Å². The Hall–Kier alpha value is -6.38. The zero-order chi connectivity index (χ0) is 47.2. The third-order valence-electron chi connectivity index (χ3n) is 13.8. The average molecular weight is 908 g/mol. The van der Waals surface area contributed by atoms with Crippen molar-refractivity contribution < 1.29 is 14.0 Å². The third-order valence-corrected chi connectivity index (χ3v) is 13.8. The molecule has 7 heterocycles. The number of hydrogen-bond donors (Lipinski definition) is 3. The Labute approximate surface area is 394 Å². The molecule has 2 aromatic carbocycles. The summed E-state index contributed by atoms with van der Waals surface area (Å²) in [6.07, 6.45) is 9.45. The van der Waals surface area contributed by atoms with Crippen LogP contribution < -0.4 is 21.3 Å². The van der Waals surface area contributed by atoms with Crippen molar-refractivity contribution in [2.24, 2.45) is 0 Å². The number of piperidine rings is 1. The Morgan fingerprint density at radius 2 is 1.78 bits per heavy atom. The van der Waals surface area contributed by atoms with Crippen LogP contribution in [0.1, 0.15) is 97.9 Å². The van der Waals surface area contributed by atoms with E-state index >= 15 is 4.39 Å². The molecule has 9 rings (SSSR count). The van der Waals surface area contributed by atoms with Gasteiger partial charge in [-0.25, -0.2) is 9.37 Å². The average Bonchev–Trinajstić information content (AvgIpc) is 3.95. The van der Waals surface area contributed by atoms with Crippen LogP contribution in [0.5, 0.6) is 0 Å². The number of carbonyl (C=O) groups excluding carboxylic acids is 2. The van der Waals surface area contributed by atoms with E-state index in [9.17, 15) is 9.59 Å². The highest BCUT2D eigenvalue weighted by Crippen LogP contribution is 2.33. The smallest absolute Gasteiger partial charge is 0.254 e. The highest BCUT2D eigenvalue weighted by molar-refractivity contribution is 5.94. The van der Waals surface area contributed by atoms with Gasteiger partial charge in [0.1, 0.15) is 17.7 Å². The van der Waals surface area contributed by atoms with Crippen LogP contribution in [-0.2, 0) is 24.4 Å². The standard InChI is InChI=1S/C51H60FN11O2.C2H6/c1-33-5-12-47(50(64)56-28-33)57-41-11-13-48(46(52)27-41)62-22-21-59(32-62)30-42-26-43-31-61(23-24-63(43)58-42)51(65)39-8-6-37(7-9-39)38-16-19-60(20-17-38)36(4)34(2)25-45-35(3)54-18-15-44(45)40-10-14-49(53)55-29-40;1-2/h6-11,13-15,18,25-27,29,36,38,47,57H,1,5,12,16-17,19-24,28,30-32H2,2-4H3,(H2,53,55)(H,56,64);1-2H3/b34-25+;. The first-order chi connectivity index (χ1) is 32.4. The van der Waals surface area contributed by atoms with Crippen molar-refractivity contribution in [3.05, 3.63) is 136 Å². The number of nitrogens with one attached hydrogen (secondary N) is 2. The number of amides is 2. The number of hydrogen-bond acceptors (Lipinski definition) is 10. The van der Waals surface area contributed by atoms with E-state index in [1.54, 1.807) is 6.07 Å². The highest BCUT2D eigenvalue weighted by Gasteiger charge is 2.29. The minimum atomic E-state index is -0.423. The zero-order valence-corrected chi connectivity index (χ0v) is 39.8. The number of nitrogens with two attached hydrogens (primary N) is 1. The van der Waals surface area contributed by atoms with Crippen LogP contribution in [0.4, 0.5) is 21.6 Å². The summed E-state index contributed by atoms with van der Waals surface area (Å²) in [4.78, 5) is 44.0. The highest BCUT2D eigenvalue weighted by atomic mass is 19.1. The molecule has 67 heavy (non-hydrogen) atoms. The van der Waals surface area contributed by atoms with Crippen LogP contribution in [0, 0.1) is 12.7 Å². The first-order valence-corrected chi connectivity index (χ1v) is 24.0. The predicted molar refractivity (Wildman–Crippen MR) is 266 cm³/mol. The Kier molecular flexibility index (Phi) is 14.8. The second-order valence-electron chi connectivity index (χ2n) is 18.2. The molecule has 0 aliphatic carbocycles. The van der Waals surface area contributed by atoms with Crippen molar-refractivity contribution in [1.82, 2.24) is 39.8 Å². The monoisotopic (exact) mass is 908 g/mol. The Bertz CT molecular complexity index is 2580. The number of anilines is 3. The molecule has 13 nitrogen and oxygen atoms in total. The lowest BCUT2D eigenvalue weighted by molar-refractivity contribution is -0.121. The Balaban J connectivity index is 0.00000300. The van der Waals surface area contributed by atoms with Crippen molar-refractivity contribution in [2.45, 2.75) is 97.9 Å². The van der Waals surface area contributed by atoms with E-state index in [1.807, 2.05) is 77.1 Å². The quantitative estimate of drug-likeness (QED) is 0.111. The third kappa shape index (κ3) is 10.9. The van der Waals surface area contributed by atoms with E-state index in [2.05, 4.69) is 82.0 Å². The molecule has 3 saturated heterocycles. The van der Waals surface area contributed by atoms with Crippen LogP contribution in [0.25, 0.3) is 17.2 Å². The van der Waals surface area contributed by atoms with E-state index in [0.29, 0.717) is 81.0 Å². The van der Waals surface area contributed by atoms with Crippen LogP contribution in [0.15, 0.2) is 96.8 Å². The summed E-state index contributed by atoms with van der Waals surface area (Å²) in [5.74, 6) is 0.583. The van der Waals surface area contributed by atoms with Crippen molar-refractivity contribution >= 4 is 35.1 Å². The number of nitrogen functional groups attached to an aromatic ring is 1. The van der Waals surface area contributed by atoms with E-state index in [1.165, 1.54) is 17.2 Å². The lowest BCUT2D eigenvalue weighted by Crippen LogP contribution is -2.40. The summed E-state index contributed by atoms with van der Waals surface area (Å²) in [7, 11) is 0. The van der Waals surface area contributed by atoms with Crippen molar-refractivity contribution in [2.75, 3.05) is 61.9 Å². The van der Waals surface area contributed by atoms with Crippen molar-refractivity contribution in [3.63, 3.8) is 0 Å². The molecule has 2 unspecified atom stereocenters. The number of halogens is 1. The molecular formula is C53H66FN11O2. The fourth-order valence-corrected chi connectivity index (χ4v) is 9.78. The van der Waals surface area contributed by atoms with Gasteiger partial charge in [0.25, 0.3) is 5.91 Å². The van der Waals surface area contributed by atoms with Gasteiger partial charge in [-0.1, -0.05) is 49.8 Å². The summed E-state index contributed by atoms with van der Waals surface area (Å²) in [5.41, 5.74) is 17.5. The molecular weight excluding hydrogens is 842 g/mol. The fraction of sp³-hybridized carbons (Fsp3) is 0.415. The van der Waals surface area contributed by atoms with E-state index in [0.717, 1.165) is 78.2 Å². The molecule has 3 fully saturated rings. The van der Waals surface area contributed by atoms with Gasteiger partial charge < -0.3 is 26.2 Å². The summed E-state index contributed by atoms with van der Waals surface area (Å²) >= 11 is 0. The zero-order valence-electron chi connectivity index (χ0n) is 39.8. The van der Waals surface area contributed by atoms with Gasteiger partial charge in [-0.3, -0.25) is 29.1 Å². The number of rotatable bonds is 11. The number of benzene rings is 2. The van der Waals surface area contributed by atoms with Crippen LogP contribution >= 0.6 is 0 Å². The topological polar surface area (TPSA) is 141 Å².